The summed E-state index contributed by atoms with van der Waals surface area (Å²) in [6.07, 6.45) is 2.60. The Morgan fingerprint density at radius 1 is 1.40 bits per heavy atom. The van der Waals surface area contributed by atoms with Crippen LogP contribution in [0.3, 0.4) is 0 Å². The molecule has 0 saturated heterocycles. The van der Waals surface area contributed by atoms with Crippen molar-refractivity contribution in [2.75, 3.05) is 19.0 Å². The maximum absolute atomic E-state index is 5.44. The zero-order valence-electron chi connectivity index (χ0n) is 9.01. The van der Waals surface area contributed by atoms with Crippen molar-refractivity contribution in [2.45, 2.75) is 30.8 Å². The molecule has 0 atom stereocenters. The van der Waals surface area contributed by atoms with Crippen molar-refractivity contribution >= 4 is 23.3 Å². The molecule has 0 radical (unpaired) electrons. The normalized spacial score (nSPS) is 11.1. The lowest BCUT2D eigenvalue weighted by Gasteiger charge is -2.15. The van der Waals surface area contributed by atoms with Crippen LogP contribution in [0.5, 0.6) is 0 Å². The van der Waals surface area contributed by atoms with E-state index in [0.29, 0.717) is 13.2 Å². The van der Waals surface area contributed by atoms with Gasteiger partial charge in [-0.1, -0.05) is 4.49 Å². The van der Waals surface area contributed by atoms with Crippen LogP contribution in [0, 0.1) is 0 Å². The van der Waals surface area contributed by atoms with Crippen LogP contribution >= 0.6 is 23.3 Å². The molecule has 0 amide bonds. The van der Waals surface area contributed by atoms with E-state index in [2.05, 4.69) is 9.59 Å². The van der Waals surface area contributed by atoms with Crippen molar-refractivity contribution in [1.29, 1.82) is 0 Å². The lowest BCUT2D eigenvalue weighted by atomic mass is 10.5. The standard InChI is InChI=1S/C9H16N2O2S2/c1-3-12-8(13-4-2)5-6-14-9-7-10-11-15-9/h7-8H,3-6H2,1-2H3. The van der Waals surface area contributed by atoms with Gasteiger partial charge in [-0.05, 0) is 25.4 Å². The highest BCUT2D eigenvalue weighted by atomic mass is 32.2. The number of nitrogens with zero attached hydrogens (tertiary/aromatic N) is 2. The molecule has 4 nitrogen and oxygen atoms in total. The highest BCUT2D eigenvalue weighted by molar-refractivity contribution is 8.01. The SMILES string of the molecule is CCOC(CCSc1cnns1)OCC. The minimum absolute atomic E-state index is 0.0756. The van der Waals surface area contributed by atoms with Gasteiger partial charge in [0.25, 0.3) is 0 Å². The Hall–Kier alpha value is -0.170. The van der Waals surface area contributed by atoms with Gasteiger partial charge in [0.15, 0.2) is 6.29 Å². The van der Waals surface area contributed by atoms with Crippen molar-refractivity contribution < 1.29 is 9.47 Å². The fourth-order valence-corrected chi connectivity index (χ4v) is 2.53. The third-order valence-electron chi connectivity index (χ3n) is 1.64. The molecule has 6 heteroatoms. The molecule has 1 heterocycles. The lowest BCUT2D eigenvalue weighted by molar-refractivity contribution is -0.136. The summed E-state index contributed by atoms with van der Waals surface area (Å²) in [6, 6.07) is 0. The van der Waals surface area contributed by atoms with Gasteiger partial charge in [0.05, 0.1) is 6.20 Å². The van der Waals surface area contributed by atoms with Gasteiger partial charge in [-0.2, -0.15) is 0 Å². The molecule has 1 rings (SSSR count). The molecule has 0 bridgehead atoms. The molecule has 0 aliphatic carbocycles. The molecule has 0 saturated carbocycles. The summed E-state index contributed by atoms with van der Waals surface area (Å²) in [5.74, 6) is 0.967. The molecule has 0 fully saturated rings. The predicted octanol–water partition coefficient (Wildman–Crippen LogP) is 2.42. The number of hydrogen-bond donors (Lipinski definition) is 0. The number of thioether (sulfide) groups is 1. The first-order valence-corrected chi connectivity index (χ1v) is 6.76. The van der Waals surface area contributed by atoms with Crippen LogP contribution in [0.2, 0.25) is 0 Å². The summed E-state index contributed by atoms with van der Waals surface area (Å²) in [7, 11) is 0. The van der Waals surface area contributed by atoms with Gasteiger partial charge in [-0.3, -0.25) is 0 Å². The molecule has 0 N–H and O–H groups in total. The third-order valence-corrected chi connectivity index (χ3v) is 3.51. The van der Waals surface area contributed by atoms with Gasteiger partial charge in [0.1, 0.15) is 4.21 Å². The first kappa shape index (κ1) is 12.9. The lowest BCUT2D eigenvalue weighted by Crippen LogP contribution is -2.17. The molecular formula is C9H16N2O2S2. The van der Waals surface area contributed by atoms with E-state index in [-0.39, 0.29) is 6.29 Å². The predicted molar refractivity (Wildman–Crippen MR) is 62.3 cm³/mol. The van der Waals surface area contributed by atoms with Crippen molar-refractivity contribution in [1.82, 2.24) is 9.59 Å². The fraction of sp³-hybridized carbons (Fsp3) is 0.778. The molecule has 0 aliphatic heterocycles. The second kappa shape index (κ2) is 8.04. The summed E-state index contributed by atoms with van der Waals surface area (Å²) < 4.78 is 15.8. The molecule has 0 unspecified atom stereocenters. The van der Waals surface area contributed by atoms with E-state index in [1.165, 1.54) is 11.5 Å². The van der Waals surface area contributed by atoms with Crippen LogP contribution in [0.1, 0.15) is 20.3 Å². The Kier molecular flexibility index (Phi) is 6.91. The largest absolute Gasteiger partial charge is 0.353 e. The molecule has 0 aliphatic rings. The molecular weight excluding hydrogens is 232 g/mol. The first-order chi connectivity index (χ1) is 7.36. The van der Waals surface area contributed by atoms with Crippen molar-refractivity contribution in [3.8, 4) is 0 Å². The van der Waals surface area contributed by atoms with Crippen LogP contribution in [-0.4, -0.2) is 34.8 Å². The highest BCUT2D eigenvalue weighted by Gasteiger charge is 2.08. The average Bonchev–Trinajstić information content (AvgIpc) is 2.71. The van der Waals surface area contributed by atoms with Gasteiger partial charge in [-0.25, -0.2) is 0 Å². The second-order valence-corrected chi connectivity index (χ2v) is 4.89. The summed E-state index contributed by atoms with van der Waals surface area (Å²) in [5, 5.41) is 3.78. The minimum atomic E-state index is -0.0756. The zero-order chi connectivity index (χ0) is 10.9. The van der Waals surface area contributed by atoms with E-state index in [1.807, 2.05) is 13.8 Å². The fourth-order valence-electron chi connectivity index (χ4n) is 1.06. The van der Waals surface area contributed by atoms with Gasteiger partial charge in [0.2, 0.25) is 0 Å². The molecule has 0 aromatic carbocycles. The maximum Gasteiger partial charge on any atom is 0.158 e. The summed E-state index contributed by atoms with van der Waals surface area (Å²) in [6.45, 7) is 5.34. The monoisotopic (exact) mass is 248 g/mol. The second-order valence-electron chi connectivity index (χ2n) is 2.71. The van der Waals surface area contributed by atoms with E-state index in [1.54, 1.807) is 18.0 Å². The van der Waals surface area contributed by atoms with Gasteiger partial charge >= 0.3 is 0 Å². The summed E-state index contributed by atoms with van der Waals surface area (Å²) >= 11 is 3.16. The number of aromatic nitrogens is 2. The first-order valence-electron chi connectivity index (χ1n) is 5.00. The maximum atomic E-state index is 5.44. The Labute approximate surface area is 98.5 Å². The van der Waals surface area contributed by atoms with Gasteiger partial charge < -0.3 is 9.47 Å². The Morgan fingerprint density at radius 2 is 2.13 bits per heavy atom. The van der Waals surface area contributed by atoms with Crippen LogP contribution in [-0.2, 0) is 9.47 Å². The minimum Gasteiger partial charge on any atom is -0.353 e. The topological polar surface area (TPSA) is 44.2 Å². The van der Waals surface area contributed by atoms with E-state index in [4.69, 9.17) is 9.47 Å². The van der Waals surface area contributed by atoms with Crippen molar-refractivity contribution in [3.63, 3.8) is 0 Å². The molecule has 1 aromatic rings. The Bertz CT molecular complexity index is 238. The summed E-state index contributed by atoms with van der Waals surface area (Å²) in [5.41, 5.74) is 0. The van der Waals surface area contributed by atoms with Crippen LogP contribution in [0.15, 0.2) is 10.4 Å². The van der Waals surface area contributed by atoms with Gasteiger partial charge in [0, 0.05) is 25.4 Å². The van der Waals surface area contributed by atoms with Crippen LogP contribution < -0.4 is 0 Å². The highest BCUT2D eigenvalue weighted by Crippen LogP contribution is 2.21. The van der Waals surface area contributed by atoms with Crippen molar-refractivity contribution in [2.24, 2.45) is 0 Å². The van der Waals surface area contributed by atoms with E-state index >= 15 is 0 Å². The zero-order valence-corrected chi connectivity index (χ0v) is 10.6. The van der Waals surface area contributed by atoms with E-state index in [9.17, 15) is 0 Å². The number of rotatable bonds is 8. The molecule has 86 valence electrons. The van der Waals surface area contributed by atoms with Crippen LogP contribution in [0.4, 0.5) is 0 Å². The van der Waals surface area contributed by atoms with Gasteiger partial charge in [-0.15, -0.1) is 16.9 Å². The Balaban J connectivity index is 2.15. The average molecular weight is 248 g/mol. The number of hydrogen-bond acceptors (Lipinski definition) is 6. The van der Waals surface area contributed by atoms with Crippen LogP contribution in [0.25, 0.3) is 0 Å². The van der Waals surface area contributed by atoms with E-state index in [0.717, 1.165) is 16.4 Å². The quantitative estimate of drug-likeness (QED) is 0.522. The summed E-state index contributed by atoms with van der Waals surface area (Å²) in [4.78, 5) is 0. The number of ether oxygens (including phenoxy) is 2. The molecule has 0 spiro atoms. The third kappa shape index (κ3) is 5.46. The smallest absolute Gasteiger partial charge is 0.158 e. The van der Waals surface area contributed by atoms with Crippen molar-refractivity contribution in [3.05, 3.63) is 6.20 Å². The molecule has 1 aromatic heterocycles. The van der Waals surface area contributed by atoms with E-state index < -0.39 is 0 Å². The Morgan fingerprint density at radius 3 is 2.67 bits per heavy atom. The molecule has 15 heavy (non-hydrogen) atoms.